The number of amides is 3. The van der Waals surface area contributed by atoms with Gasteiger partial charge in [-0.05, 0) is 60.5 Å². The Morgan fingerprint density at radius 2 is 1.75 bits per heavy atom. The molecule has 1 atom stereocenters. The molecule has 0 spiro atoms. The Hall–Kier alpha value is -3.60. The van der Waals surface area contributed by atoms with Crippen molar-refractivity contribution in [1.82, 2.24) is 4.90 Å². The van der Waals surface area contributed by atoms with Gasteiger partial charge in [-0.3, -0.25) is 14.4 Å². The molecule has 0 radical (unpaired) electrons. The summed E-state index contributed by atoms with van der Waals surface area (Å²) in [5.74, 6) is -2.74. The summed E-state index contributed by atoms with van der Waals surface area (Å²) in [6, 6.07) is 16.1. The lowest BCUT2D eigenvalue weighted by Crippen LogP contribution is -2.46. The van der Waals surface area contributed by atoms with E-state index in [4.69, 9.17) is 16.7 Å². The number of anilines is 1. The van der Waals surface area contributed by atoms with Crippen molar-refractivity contribution in [3.8, 4) is 0 Å². The molecule has 0 saturated carbocycles. The Kier molecular flexibility index (Phi) is 7.21. The highest BCUT2D eigenvalue weighted by molar-refractivity contribution is 7.89. The molecule has 1 fully saturated rings. The highest BCUT2D eigenvalue weighted by Crippen LogP contribution is 2.28. The van der Waals surface area contributed by atoms with E-state index in [0.717, 1.165) is 16.5 Å². The van der Waals surface area contributed by atoms with Gasteiger partial charge >= 0.3 is 0 Å². The summed E-state index contributed by atoms with van der Waals surface area (Å²) in [7, 11) is -3.96. The molecule has 186 valence electrons. The molecule has 1 saturated heterocycles. The molecule has 4 rings (SSSR count). The van der Waals surface area contributed by atoms with E-state index in [-0.39, 0.29) is 29.1 Å². The van der Waals surface area contributed by atoms with Crippen molar-refractivity contribution in [3.63, 3.8) is 0 Å². The standard InChI is InChI=1S/C25H21ClFN3O5S/c26-17-5-3-4-16(14-17)12-13-29(24(32)20-6-1-2-7-21(20)27)22-15-23(31)30(25(22)33)18-8-10-19(11-9-18)36(28,34)35/h1-11,14,22H,12-13,15H2,(H2,28,34,35). The second-order valence-electron chi connectivity index (χ2n) is 8.18. The summed E-state index contributed by atoms with van der Waals surface area (Å²) in [5.41, 5.74) is 0.703. The first-order valence-electron chi connectivity index (χ1n) is 10.9. The molecule has 3 aromatic rings. The first kappa shape index (κ1) is 25.5. The molecule has 1 unspecified atom stereocenters. The van der Waals surface area contributed by atoms with Gasteiger partial charge in [-0.2, -0.15) is 0 Å². The second-order valence-corrected chi connectivity index (χ2v) is 10.2. The molecule has 1 aliphatic heterocycles. The zero-order valence-corrected chi connectivity index (χ0v) is 20.4. The quantitative estimate of drug-likeness (QED) is 0.472. The van der Waals surface area contributed by atoms with Crippen molar-refractivity contribution in [2.75, 3.05) is 11.4 Å². The summed E-state index contributed by atoms with van der Waals surface area (Å²) in [6.07, 6.45) is -0.00666. The number of primary sulfonamides is 1. The molecular formula is C25H21ClFN3O5S. The number of carbonyl (C=O) groups is 3. The summed E-state index contributed by atoms with van der Waals surface area (Å²) in [4.78, 5) is 41.5. The van der Waals surface area contributed by atoms with Gasteiger partial charge in [0.25, 0.3) is 11.8 Å². The third-order valence-corrected chi connectivity index (χ3v) is 6.98. The molecule has 8 nitrogen and oxygen atoms in total. The summed E-state index contributed by atoms with van der Waals surface area (Å²) in [6.45, 7) is 0.0232. The maximum absolute atomic E-state index is 14.5. The van der Waals surface area contributed by atoms with Gasteiger partial charge in [-0.1, -0.05) is 35.9 Å². The topological polar surface area (TPSA) is 118 Å². The van der Waals surface area contributed by atoms with Crippen molar-refractivity contribution in [2.45, 2.75) is 23.8 Å². The lowest BCUT2D eigenvalue weighted by atomic mass is 10.1. The number of sulfonamides is 1. The van der Waals surface area contributed by atoms with Gasteiger partial charge in [-0.15, -0.1) is 0 Å². The Morgan fingerprint density at radius 1 is 1.06 bits per heavy atom. The van der Waals surface area contributed by atoms with Crippen LogP contribution in [0.5, 0.6) is 0 Å². The number of halogens is 2. The second kappa shape index (κ2) is 10.2. The molecule has 0 bridgehead atoms. The highest BCUT2D eigenvalue weighted by Gasteiger charge is 2.44. The Morgan fingerprint density at radius 3 is 2.39 bits per heavy atom. The van der Waals surface area contributed by atoms with Crippen LogP contribution in [0.2, 0.25) is 5.02 Å². The molecule has 0 aliphatic carbocycles. The van der Waals surface area contributed by atoms with E-state index in [0.29, 0.717) is 11.4 Å². The van der Waals surface area contributed by atoms with E-state index in [9.17, 15) is 27.2 Å². The van der Waals surface area contributed by atoms with Gasteiger partial charge in [-0.25, -0.2) is 22.8 Å². The van der Waals surface area contributed by atoms with Gasteiger partial charge in [0.1, 0.15) is 11.9 Å². The van der Waals surface area contributed by atoms with Crippen LogP contribution in [-0.2, 0) is 26.0 Å². The van der Waals surface area contributed by atoms with Crippen LogP contribution in [0.3, 0.4) is 0 Å². The monoisotopic (exact) mass is 529 g/mol. The lowest BCUT2D eigenvalue weighted by Gasteiger charge is -2.28. The van der Waals surface area contributed by atoms with Crippen molar-refractivity contribution >= 4 is 45.0 Å². The highest BCUT2D eigenvalue weighted by atomic mass is 35.5. The number of carbonyl (C=O) groups excluding carboxylic acids is 3. The zero-order chi connectivity index (χ0) is 26.0. The predicted octanol–water partition coefficient (Wildman–Crippen LogP) is 3.14. The Labute approximate surface area is 212 Å². The molecule has 0 aromatic heterocycles. The fourth-order valence-corrected chi connectivity index (χ4v) is 4.77. The van der Waals surface area contributed by atoms with Crippen molar-refractivity contribution in [1.29, 1.82) is 0 Å². The van der Waals surface area contributed by atoms with Gasteiger partial charge < -0.3 is 4.90 Å². The van der Waals surface area contributed by atoms with Crippen molar-refractivity contribution in [2.24, 2.45) is 5.14 Å². The van der Waals surface area contributed by atoms with E-state index in [2.05, 4.69) is 0 Å². The molecule has 3 aromatic carbocycles. The van der Waals surface area contributed by atoms with Gasteiger partial charge in [0.2, 0.25) is 15.9 Å². The van der Waals surface area contributed by atoms with Crippen LogP contribution in [0.15, 0.2) is 77.7 Å². The van der Waals surface area contributed by atoms with Crippen LogP contribution in [0.4, 0.5) is 10.1 Å². The largest absolute Gasteiger partial charge is 0.326 e. The molecule has 2 N–H and O–H groups in total. The lowest BCUT2D eigenvalue weighted by molar-refractivity contribution is -0.122. The SMILES string of the molecule is NS(=O)(=O)c1ccc(N2C(=O)CC(N(CCc3cccc(Cl)c3)C(=O)c3ccccc3F)C2=O)cc1. The number of hydrogen-bond donors (Lipinski definition) is 1. The van der Waals surface area contributed by atoms with E-state index in [1.54, 1.807) is 24.3 Å². The fourth-order valence-electron chi connectivity index (χ4n) is 4.05. The van der Waals surface area contributed by atoms with Gasteiger partial charge in [0.15, 0.2) is 0 Å². The predicted molar refractivity (Wildman–Crippen MR) is 131 cm³/mol. The van der Waals surface area contributed by atoms with Crippen LogP contribution >= 0.6 is 11.6 Å². The molecule has 11 heteroatoms. The summed E-state index contributed by atoms with van der Waals surface area (Å²) >= 11 is 6.05. The number of imide groups is 1. The zero-order valence-electron chi connectivity index (χ0n) is 18.8. The normalized spacial score (nSPS) is 15.9. The number of rotatable bonds is 7. The average Bonchev–Trinajstić information content (AvgIpc) is 3.12. The summed E-state index contributed by atoms with van der Waals surface area (Å²) < 4.78 is 37.5. The van der Waals surface area contributed by atoms with Gasteiger partial charge in [0, 0.05) is 11.6 Å². The van der Waals surface area contributed by atoms with E-state index >= 15 is 0 Å². The maximum atomic E-state index is 14.5. The van der Waals surface area contributed by atoms with Crippen LogP contribution in [0, 0.1) is 5.82 Å². The summed E-state index contributed by atoms with van der Waals surface area (Å²) in [5, 5.41) is 5.61. The smallest absolute Gasteiger partial charge is 0.257 e. The van der Waals surface area contributed by atoms with Crippen molar-refractivity contribution < 1.29 is 27.2 Å². The van der Waals surface area contributed by atoms with Crippen LogP contribution in [-0.4, -0.2) is 43.6 Å². The molecular weight excluding hydrogens is 509 g/mol. The Balaban J connectivity index is 1.65. The number of nitrogens with zero attached hydrogens (tertiary/aromatic N) is 2. The Bertz CT molecular complexity index is 1450. The van der Waals surface area contributed by atoms with Gasteiger partial charge in [0.05, 0.1) is 22.6 Å². The average molecular weight is 530 g/mol. The first-order chi connectivity index (χ1) is 17.1. The molecule has 3 amide bonds. The number of nitrogens with two attached hydrogens (primary N) is 1. The molecule has 1 heterocycles. The minimum Gasteiger partial charge on any atom is -0.326 e. The number of benzene rings is 3. The van der Waals surface area contributed by atoms with Crippen LogP contribution < -0.4 is 10.0 Å². The minimum atomic E-state index is -3.96. The third-order valence-electron chi connectivity index (χ3n) is 5.82. The van der Waals surface area contributed by atoms with Crippen LogP contribution in [0.25, 0.3) is 0 Å². The van der Waals surface area contributed by atoms with E-state index in [1.807, 2.05) is 0 Å². The molecule has 1 aliphatic rings. The third kappa shape index (κ3) is 5.30. The number of hydrogen-bond acceptors (Lipinski definition) is 5. The van der Waals surface area contributed by atoms with E-state index < -0.39 is 39.6 Å². The van der Waals surface area contributed by atoms with Crippen molar-refractivity contribution in [3.05, 3.63) is 94.8 Å². The van der Waals surface area contributed by atoms with E-state index in [1.165, 1.54) is 47.4 Å². The first-order valence-corrected chi connectivity index (χ1v) is 12.8. The fraction of sp³-hybridized carbons (Fsp3) is 0.160. The maximum Gasteiger partial charge on any atom is 0.257 e. The molecule has 36 heavy (non-hydrogen) atoms. The minimum absolute atomic E-state index is 0.0232. The van der Waals surface area contributed by atoms with Crippen LogP contribution in [0.1, 0.15) is 22.3 Å².